The number of phenols is 1. The maximum atomic E-state index is 14.5. The summed E-state index contributed by atoms with van der Waals surface area (Å²) in [5.41, 5.74) is 2.21. The summed E-state index contributed by atoms with van der Waals surface area (Å²) >= 11 is 0. The van der Waals surface area contributed by atoms with E-state index < -0.39 is 28.9 Å². The minimum atomic E-state index is -0.696. The van der Waals surface area contributed by atoms with Crippen LogP contribution in [0.2, 0.25) is 0 Å². The molecular weight excluding hydrogens is 668 g/mol. The lowest BCUT2D eigenvalue weighted by Crippen LogP contribution is -2.43. The van der Waals surface area contributed by atoms with E-state index in [2.05, 4.69) is 20.2 Å². The fraction of sp³-hybridized carbons (Fsp3) is 0.308. The molecule has 0 spiro atoms. The highest BCUT2D eigenvalue weighted by molar-refractivity contribution is 5.95. The molecule has 0 amide bonds. The largest absolute Gasteiger partial charge is 0.507 e. The number of nitrogens with zero attached hydrogens (tertiary/aromatic N) is 6. The molecule has 0 radical (unpaired) electrons. The van der Waals surface area contributed by atoms with Crippen molar-refractivity contribution < 1.29 is 18.7 Å². The Hall–Kier alpha value is -5.53. The molecule has 1 saturated carbocycles. The summed E-state index contributed by atoms with van der Waals surface area (Å²) in [6.45, 7) is 4.45. The number of carbonyl (C=O) groups is 1. The number of ketones is 1. The molecule has 0 unspecified atom stereocenters. The van der Waals surface area contributed by atoms with Crippen molar-refractivity contribution >= 4 is 22.5 Å². The molecule has 52 heavy (non-hydrogen) atoms. The molecule has 1 saturated heterocycles. The summed E-state index contributed by atoms with van der Waals surface area (Å²) in [7, 11) is 0. The van der Waals surface area contributed by atoms with Crippen molar-refractivity contribution in [3.8, 4) is 22.6 Å². The van der Waals surface area contributed by atoms with Gasteiger partial charge in [0.2, 0.25) is 0 Å². The highest BCUT2D eigenvalue weighted by Crippen LogP contribution is 2.35. The molecule has 13 heteroatoms. The number of carbonyl (C=O) groups excluding carboxylic acids is 1. The molecule has 4 aromatic heterocycles. The van der Waals surface area contributed by atoms with Gasteiger partial charge < -0.3 is 14.8 Å². The second kappa shape index (κ2) is 13.9. The first-order chi connectivity index (χ1) is 25.2. The van der Waals surface area contributed by atoms with Crippen molar-refractivity contribution in [3.05, 3.63) is 123 Å². The van der Waals surface area contributed by atoms with Crippen LogP contribution < -0.4 is 16.6 Å². The van der Waals surface area contributed by atoms with E-state index in [0.717, 1.165) is 50.6 Å². The quantitative estimate of drug-likeness (QED) is 0.206. The number of halogens is 2. The SMILES string of the molecule is O=C(CC1CCC(n2c(=O)c3cc(F)cnc3n(-c3cccc(-c4ccc(CN5CCNCC5)cc4O)c3)c2=O)CC1)c1cn2cc(F)ccc2n1. The molecular formula is C39H37F2N7O4. The molecule has 6 aromatic rings. The number of aromatic nitrogens is 5. The lowest BCUT2D eigenvalue weighted by molar-refractivity contribution is 0.0938. The van der Waals surface area contributed by atoms with Gasteiger partial charge in [0.05, 0.1) is 17.3 Å². The van der Waals surface area contributed by atoms with E-state index in [-0.39, 0.29) is 40.6 Å². The average molecular weight is 706 g/mol. The second-order valence-corrected chi connectivity index (χ2v) is 13.8. The first kappa shape index (κ1) is 33.6. The number of pyridine rings is 2. The number of imidazole rings is 1. The number of piperazine rings is 1. The van der Waals surface area contributed by atoms with Crippen LogP contribution in [0.1, 0.15) is 54.2 Å². The molecule has 11 nitrogen and oxygen atoms in total. The maximum Gasteiger partial charge on any atom is 0.337 e. The number of aromatic hydroxyl groups is 1. The molecule has 2 aromatic carbocycles. The third kappa shape index (κ3) is 6.53. The van der Waals surface area contributed by atoms with Crippen LogP contribution in [-0.4, -0.2) is 65.5 Å². The predicted molar refractivity (Wildman–Crippen MR) is 192 cm³/mol. The smallest absolute Gasteiger partial charge is 0.337 e. The van der Waals surface area contributed by atoms with Crippen LogP contribution in [0, 0.1) is 17.6 Å². The van der Waals surface area contributed by atoms with E-state index in [0.29, 0.717) is 48.1 Å². The summed E-state index contributed by atoms with van der Waals surface area (Å²) < 4.78 is 32.2. The molecule has 2 N–H and O–H groups in total. The molecule has 266 valence electrons. The van der Waals surface area contributed by atoms with Crippen LogP contribution in [0.15, 0.2) is 88.8 Å². The average Bonchev–Trinajstić information content (AvgIpc) is 3.57. The summed E-state index contributed by atoms with van der Waals surface area (Å²) in [5.74, 6) is -1.16. The van der Waals surface area contributed by atoms with Gasteiger partial charge in [0.1, 0.15) is 28.7 Å². The number of hydrogen-bond acceptors (Lipinski definition) is 8. The zero-order chi connectivity index (χ0) is 35.9. The van der Waals surface area contributed by atoms with Crippen molar-refractivity contribution in [2.45, 2.75) is 44.7 Å². The number of fused-ring (bicyclic) bond motifs is 2. The molecule has 1 aliphatic heterocycles. The van der Waals surface area contributed by atoms with Gasteiger partial charge in [-0.05, 0) is 79.1 Å². The van der Waals surface area contributed by atoms with Gasteiger partial charge in [0, 0.05) is 63.1 Å². The number of benzene rings is 2. The molecule has 2 fully saturated rings. The third-order valence-electron chi connectivity index (χ3n) is 10.3. The lowest BCUT2D eigenvalue weighted by Gasteiger charge is -2.29. The Kier molecular flexibility index (Phi) is 8.97. The fourth-order valence-corrected chi connectivity index (χ4v) is 7.67. The highest BCUT2D eigenvalue weighted by atomic mass is 19.1. The number of phenolic OH excluding ortho intramolecular Hbond substituents is 1. The van der Waals surface area contributed by atoms with Crippen molar-refractivity contribution in [1.29, 1.82) is 0 Å². The normalized spacial score (nSPS) is 18.3. The van der Waals surface area contributed by atoms with Gasteiger partial charge in [-0.2, -0.15) is 0 Å². The van der Waals surface area contributed by atoms with E-state index in [1.54, 1.807) is 24.3 Å². The first-order valence-corrected chi connectivity index (χ1v) is 17.6. The van der Waals surface area contributed by atoms with Gasteiger partial charge in [-0.1, -0.05) is 24.3 Å². The Morgan fingerprint density at radius 3 is 2.52 bits per heavy atom. The van der Waals surface area contributed by atoms with E-state index in [1.807, 2.05) is 18.2 Å². The van der Waals surface area contributed by atoms with Gasteiger partial charge in [-0.15, -0.1) is 0 Å². The minimum Gasteiger partial charge on any atom is -0.507 e. The molecule has 5 heterocycles. The number of hydrogen-bond donors (Lipinski definition) is 2. The van der Waals surface area contributed by atoms with E-state index in [4.69, 9.17) is 0 Å². The summed E-state index contributed by atoms with van der Waals surface area (Å²) in [5, 5.41) is 14.4. The molecule has 0 bridgehead atoms. The standard InChI is InChI=1S/C39H37F2N7O4/c40-27-7-11-36-44-33(23-46(36)22-27)35(50)16-24-4-8-29(9-5-24)48-38(51)32-19-28(41)20-43-37(32)47(39(48)52)30-3-1-2-26(18-30)31-10-6-25(17-34(31)49)21-45-14-12-42-13-15-45/h1-3,6-7,10-11,17-20,22-24,29,42,49H,4-5,8-9,12-16,21H2. The van der Waals surface area contributed by atoms with Crippen LogP contribution in [0.5, 0.6) is 5.75 Å². The van der Waals surface area contributed by atoms with E-state index >= 15 is 0 Å². The fourth-order valence-electron chi connectivity index (χ4n) is 7.67. The Labute approximate surface area is 296 Å². The lowest BCUT2D eigenvalue weighted by atomic mass is 9.82. The Morgan fingerprint density at radius 1 is 0.923 bits per heavy atom. The summed E-state index contributed by atoms with van der Waals surface area (Å²) in [4.78, 5) is 52.2. The topological polar surface area (TPSA) is 127 Å². The van der Waals surface area contributed by atoms with Crippen LogP contribution in [-0.2, 0) is 6.54 Å². The van der Waals surface area contributed by atoms with E-state index in [1.165, 1.54) is 38.1 Å². The minimum absolute atomic E-state index is 0.00963. The monoisotopic (exact) mass is 705 g/mol. The molecule has 0 atom stereocenters. The van der Waals surface area contributed by atoms with E-state index in [9.17, 15) is 28.3 Å². The number of nitrogens with one attached hydrogen (secondary N) is 1. The third-order valence-corrected chi connectivity index (χ3v) is 10.3. The van der Waals surface area contributed by atoms with Crippen molar-refractivity contribution in [2.24, 2.45) is 5.92 Å². The van der Waals surface area contributed by atoms with Crippen LogP contribution >= 0.6 is 0 Å². The van der Waals surface area contributed by atoms with Gasteiger partial charge in [-0.3, -0.25) is 19.1 Å². The number of rotatable bonds is 8. The zero-order valence-electron chi connectivity index (χ0n) is 28.3. The Morgan fingerprint density at radius 2 is 1.73 bits per heavy atom. The molecule has 1 aliphatic carbocycles. The first-order valence-electron chi connectivity index (χ1n) is 17.6. The van der Waals surface area contributed by atoms with Crippen molar-refractivity contribution in [2.75, 3.05) is 26.2 Å². The predicted octanol–water partition coefficient (Wildman–Crippen LogP) is 5.26. The zero-order valence-corrected chi connectivity index (χ0v) is 28.3. The van der Waals surface area contributed by atoms with Gasteiger partial charge in [-0.25, -0.2) is 28.1 Å². The van der Waals surface area contributed by atoms with Crippen LogP contribution in [0.3, 0.4) is 0 Å². The van der Waals surface area contributed by atoms with Gasteiger partial charge in [0.25, 0.3) is 5.56 Å². The Balaban J connectivity index is 1.07. The van der Waals surface area contributed by atoms with Crippen molar-refractivity contribution in [3.63, 3.8) is 0 Å². The second-order valence-electron chi connectivity index (χ2n) is 13.8. The summed E-state index contributed by atoms with van der Waals surface area (Å²) in [6, 6.07) is 16.1. The maximum absolute atomic E-state index is 14.5. The van der Waals surface area contributed by atoms with Gasteiger partial charge in [0.15, 0.2) is 11.4 Å². The molecule has 8 rings (SSSR count). The highest BCUT2D eigenvalue weighted by Gasteiger charge is 2.29. The molecule has 2 aliphatic rings. The van der Waals surface area contributed by atoms with Crippen LogP contribution in [0.25, 0.3) is 33.5 Å². The Bertz CT molecular complexity index is 2440. The van der Waals surface area contributed by atoms with Crippen molar-refractivity contribution in [1.82, 2.24) is 33.7 Å². The summed E-state index contributed by atoms with van der Waals surface area (Å²) in [6.07, 6.45) is 6.12. The van der Waals surface area contributed by atoms with Crippen LogP contribution in [0.4, 0.5) is 8.78 Å². The van der Waals surface area contributed by atoms with Gasteiger partial charge >= 0.3 is 5.69 Å². The number of Topliss-reactive ketones (excluding diaryl/α,β-unsaturated/α-hetero) is 1.